The number of nitrogens with zero attached hydrogens (tertiary/aromatic N) is 2. The number of aromatic nitrogens is 2. The summed E-state index contributed by atoms with van der Waals surface area (Å²) in [6, 6.07) is 12.2. The minimum atomic E-state index is -0.710. The molecule has 0 N–H and O–H groups in total. The van der Waals surface area contributed by atoms with E-state index in [0.717, 1.165) is 11.3 Å². The van der Waals surface area contributed by atoms with Gasteiger partial charge in [0, 0.05) is 21.2 Å². The van der Waals surface area contributed by atoms with E-state index in [1.54, 1.807) is 56.5 Å². The molecule has 1 aromatic heterocycles. The van der Waals surface area contributed by atoms with Gasteiger partial charge in [0.15, 0.2) is 6.10 Å². The third kappa shape index (κ3) is 4.59. The molecule has 0 radical (unpaired) electrons. The van der Waals surface area contributed by atoms with Crippen LogP contribution in [0, 0.1) is 0 Å². The Morgan fingerprint density at radius 1 is 1.11 bits per heavy atom. The van der Waals surface area contributed by atoms with Crippen LogP contribution in [0.3, 0.4) is 0 Å². The predicted molar refractivity (Wildman–Crippen MR) is 101 cm³/mol. The smallest absolute Gasteiger partial charge is 0.311 e. The van der Waals surface area contributed by atoms with E-state index in [-0.39, 0.29) is 12.3 Å². The Morgan fingerprint density at radius 2 is 1.78 bits per heavy atom. The molecule has 0 saturated heterocycles. The summed E-state index contributed by atoms with van der Waals surface area (Å²) in [5, 5.41) is 8.76. The summed E-state index contributed by atoms with van der Waals surface area (Å²) in [7, 11) is 1.59. The summed E-state index contributed by atoms with van der Waals surface area (Å²) in [5.74, 6) is 0.741. The molecule has 2 aromatic carbocycles. The maximum absolute atomic E-state index is 12.2. The summed E-state index contributed by atoms with van der Waals surface area (Å²) >= 11 is 12.2. The van der Waals surface area contributed by atoms with Crippen molar-refractivity contribution in [2.45, 2.75) is 19.4 Å². The van der Waals surface area contributed by atoms with Crippen LogP contribution in [0.25, 0.3) is 11.5 Å². The Kier molecular flexibility index (Phi) is 5.98. The van der Waals surface area contributed by atoms with Crippen LogP contribution in [0.2, 0.25) is 10.0 Å². The lowest BCUT2D eigenvalue weighted by Crippen LogP contribution is -2.12. The second-order valence-corrected chi connectivity index (χ2v) is 6.50. The Hall–Kier alpha value is -2.57. The van der Waals surface area contributed by atoms with Gasteiger partial charge in [-0.2, -0.15) is 0 Å². The highest BCUT2D eigenvalue weighted by Gasteiger charge is 2.20. The summed E-state index contributed by atoms with van der Waals surface area (Å²) in [4.78, 5) is 12.2. The topological polar surface area (TPSA) is 74.5 Å². The molecule has 1 heterocycles. The molecular weight excluding hydrogens is 391 g/mol. The molecule has 0 unspecified atom stereocenters. The Labute approximate surface area is 166 Å². The first-order valence-electron chi connectivity index (χ1n) is 8.08. The van der Waals surface area contributed by atoms with Gasteiger partial charge >= 0.3 is 5.97 Å². The van der Waals surface area contributed by atoms with E-state index in [1.165, 1.54) is 0 Å². The normalized spacial score (nSPS) is 11.9. The second-order valence-electron chi connectivity index (χ2n) is 5.68. The molecule has 1 atom stereocenters. The third-order valence-corrected chi connectivity index (χ3v) is 4.52. The number of halogens is 2. The van der Waals surface area contributed by atoms with Gasteiger partial charge in [-0.25, -0.2) is 0 Å². The van der Waals surface area contributed by atoms with Gasteiger partial charge in [0.05, 0.1) is 13.5 Å². The number of ether oxygens (including phenoxy) is 2. The molecule has 0 bridgehead atoms. The standard InChI is InChI=1S/C19H16Cl2N2O4/c1-11(26-17(24)10-14-15(20)4-3-5-16(14)21)18-22-23-19(27-18)12-6-8-13(25-2)9-7-12/h3-9,11H,10H2,1-2H3/t11-/m0/s1. The van der Waals surface area contributed by atoms with Gasteiger partial charge in [-0.3, -0.25) is 4.79 Å². The highest BCUT2D eigenvalue weighted by atomic mass is 35.5. The average molecular weight is 407 g/mol. The first-order chi connectivity index (χ1) is 13.0. The Bertz CT molecular complexity index is 921. The van der Waals surface area contributed by atoms with E-state index >= 15 is 0 Å². The molecule has 0 spiro atoms. The lowest BCUT2D eigenvalue weighted by molar-refractivity contribution is -0.148. The first kappa shape index (κ1) is 19.2. The SMILES string of the molecule is COc1ccc(-c2nnc([C@H](C)OC(=O)Cc3c(Cl)cccc3Cl)o2)cc1. The van der Waals surface area contributed by atoms with Gasteiger partial charge in [0.25, 0.3) is 5.89 Å². The van der Waals surface area contributed by atoms with E-state index < -0.39 is 12.1 Å². The molecule has 0 aliphatic heterocycles. The fourth-order valence-electron chi connectivity index (χ4n) is 2.38. The quantitative estimate of drug-likeness (QED) is 0.541. The maximum Gasteiger partial charge on any atom is 0.311 e. The number of methoxy groups -OCH3 is 1. The lowest BCUT2D eigenvalue weighted by Gasteiger charge is -2.11. The molecular formula is C19H16Cl2N2O4. The first-order valence-corrected chi connectivity index (χ1v) is 8.83. The molecule has 0 saturated carbocycles. The number of carbonyl (C=O) groups excluding carboxylic acids is 1. The molecule has 0 aliphatic rings. The van der Waals surface area contributed by atoms with Crippen molar-refractivity contribution in [3.63, 3.8) is 0 Å². The number of carbonyl (C=O) groups is 1. The van der Waals surface area contributed by atoms with Crippen LogP contribution < -0.4 is 4.74 Å². The lowest BCUT2D eigenvalue weighted by atomic mass is 10.1. The van der Waals surface area contributed by atoms with Crippen molar-refractivity contribution in [2.75, 3.05) is 7.11 Å². The highest BCUT2D eigenvalue weighted by molar-refractivity contribution is 6.36. The van der Waals surface area contributed by atoms with Crippen LogP contribution in [-0.4, -0.2) is 23.3 Å². The zero-order chi connectivity index (χ0) is 19.4. The molecule has 0 aliphatic carbocycles. The van der Waals surface area contributed by atoms with Crippen LogP contribution in [0.15, 0.2) is 46.9 Å². The van der Waals surface area contributed by atoms with Crippen molar-refractivity contribution < 1.29 is 18.7 Å². The molecule has 140 valence electrons. The molecule has 8 heteroatoms. The molecule has 0 fully saturated rings. The van der Waals surface area contributed by atoms with Gasteiger partial charge in [-0.05, 0) is 43.3 Å². The van der Waals surface area contributed by atoms with Crippen molar-refractivity contribution in [3.8, 4) is 17.2 Å². The van der Waals surface area contributed by atoms with E-state index in [4.69, 9.17) is 37.1 Å². The van der Waals surface area contributed by atoms with Gasteiger partial charge in [-0.1, -0.05) is 29.3 Å². The number of hydrogen-bond acceptors (Lipinski definition) is 6. The zero-order valence-corrected chi connectivity index (χ0v) is 16.1. The number of benzene rings is 2. The monoisotopic (exact) mass is 406 g/mol. The van der Waals surface area contributed by atoms with Crippen molar-refractivity contribution in [1.29, 1.82) is 0 Å². The van der Waals surface area contributed by atoms with Crippen LogP contribution in [0.1, 0.15) is 24.5 Å². The van der Waals surface area contributed by atoms with Crippen molar-refractivity contribution in [2.24, 2.45) is 0 Å². The fraction of sp³-hybridized carbons (Fsp3) is 0.211. The van der Waals surface area contributed by atoms with Gasteiger partial charge in [0.2, 0.25) is 5.89 Å². The Balaban J connectivity index is 1.66. The maximum atomic E-state index is 12.2. The number of rotatable bonds is 6. The summed E-state index contributed by atoms with van der Waals surface area (Å²) in [5.41, 5.74) is 1.25. The third-order valence-electron chi connectivity index (χ3n) is 3.82. The number of esters is 1. The largest absolute Gasteiger partial charge is 0.497 e. The molecule has 27 heavy (non-hydrogen) atoms. The highest BCUT2D eigenvalue weighted by Crippen LogP contribution is 2.27. The average Bonchev–Trinajstić information content (AvgIpc) is 3.15. The summed E-state index contributed by atoms with van der Waals surface area (Å²) < 4.78 is 16.1. The summed E-state index contributed by atoms with van der Waals surface area (Å²) in [6.45, 7) is 1.65. The predicted octanol–water partition coefficient (Wildman–Crippen LogP) is 4.90. The van der Waals surface area contributed by atoms with Gasteiger partial charge < -0.3 is 13.9 Å². The molecule has 6 nitrogen and oxygen atoms in total. The Morgan fingerprint density at radius 3 is 2.41 bits per heavy atom. The zero-order valence-electron chi connectivity index (χ0n) is 14.6. The van der Waals surface area contributed by atoms with Crippen molar-refractivity contribution >= 4 is 29.2 Å². The van der Waals surface area contributed by atoms with Crippen LogP contribution in [0.4, 0.5) is 0 Å². The minimum Gasteiger partial charge on any atom is -0.497 e. The molecule has 0 amide bonds. The van der Waals surface area contributed by atoms with Crippen LogP contribution in [-0.2, 0) is 16.0 Å². The van der Waals surface area contributed by atoms with E-state index in [9.17, 15) is 4.79 Å². The van der Waals surface area contributed by atoms with Crippen molar-refractivity contribution in [3.05, 3.63) is 64.0 Å². The number of hydrogen-bond donors (Lipinski definition) is 0. The van der Waals surface area contributed by atoms with Crippen molar-refractivity contribution in [1.82, 2.24) is 10.2 Å². The van der Waals surface area contributed by atoms with Gasteiger partial charge in [-0.15, -0.1) is 10.2 Å². The van der Waals surface area contributed by atoms with Crippen LogP contribution in [0.5, 0.6) is 5.75 Å². The van der Waals surface area contributed by atoms with E-state index in [2.05, 4.69) is 10.2 Å². The molecule has 3 aromatic rings. The van der Waals surface area contributed by atoms with Crippen LogP contribution >= 0.6 is 23.2 Å². The fourth-order valence-corrected chi connectivity index (χ4v) is 2.91. The minimum absolute atomic E-state index is 0.0533. The second kappa shape index (κ2) is 8.41. The summed E-state index contributed by atoms with van der Waals surface area (Å²) in [6.07, 6.45) is -0.763. The molecule has 3 rings (SSSR count). The van der Waals surface area contributed by atoms with E-state index in [0.29, 0.717) is 21.5 Å². The van der Waals surface area contributed by atoms with Gasteiger partial charge in [0.1, 0.15) is 5.75 Å². The van der Waals surface area contributed by atoms with E-state index in [1.807, 2.05) is 0 Å².